The number of aromatic carboxylic acids is 3. The summed E-state index contributed by atoms with van der Waals surface area (Å²) >= 11 is 6.34. The maximum atomic E-state index is 11.8. The van der Waals surface area contributed by atoms with Crippen LogP contribution in [0.15, 0.2) is 121 Å². The Labute approximate surface area is 334 Å². The Hall–Kier alpha value is -7.82. The number of nitrogens with one attached hydrogen (secondary N) is 2. The van der Waals surface area contributed by atoms with E-state index in [1.54, 1.807) is 72.8 Å². The third-order valence-electron chi connectivity index (χ3n) is 10.1. The standard InChI is InChI=1S/C47H29ClN4O6/c48-32-15-13-28(14-16-32)44-39-23-21-37(51-39)42(26-3-9-30(10-4-26)46(55)56)35-19-17-33(49-35)41(25-1-7-29(8-2-25)45(53)54)34-18-20-36(50-34)43(38-22-24-40(44)52-38)27-5-11-31(12-6-27)47(57)58/h1-24,49-50H,(H,53,54)(H,55,56)(H,57,58). The van der Waals surface area contributed by atoms with Crippen molar-refractivity contribution in [2.24, 2.45) is 0 Å². The van der Waals surface area contributed by atoms with Gasteiger partial charge in [-0.05, 0) is 119 Å². The minimum absolute atomic E-state index is 0.142. The number of benzene rings is 4. The quantitative estimate of drug-likeness (QED) is 0.106. The van der Waals surface area contributed by atoms with E-state index in [0.29, 0.717) is 49.9 Å². The Kier molecular flexibility index (Phi) is 8.87. The van der Waals surface area contributed by atoms with E-state index in [-0.39, 0.29) is 16.7 Å². The molecule has 7 aromatic rings. The summed E-state index contributed by atoms with van der Waals surface area (Å²) in [6, 6.07) is 35.1. The molecule has 2 aliphatic rings. The van der Waals surface area contributed by atoms with Gasteiger partial charge in [0.05, 0.1) is 39.5 Å². The number of halogens is 1. The van der Waals surface area contributed by atoms with Gasteiger partial charge in [0.2, 0.25) is 0 Å². The minimum Gasteiger partial charge on any atom is -0.478 e. The zero-order valence-electron chi connectivity index (χ0n) is 30.2. The van der Waals surface area contributed by atoms with Crippen molar-refractivity contribution >= 4 is 75.9 Å². The van der Waals surface area contributed by atoms with Crippen molar-refractivity contribution in [2.75, 3.05) is 0 Å². The highest BCUT2D eigenvalue weighted by Crippen LogP contribution is 2.39. The van der Waals surface area contributed by atoms with E-state index < -0.39 is 17.9 Å². The van der Waals surface area contributed by atoms with Crippen LogP contribution >= 0.6 is 11.6 Å². The highest BCUT2D eigenvalue weighted by molar-refractivity contribution is 6.30. The summed E-state index contributed by atoms with van der Waals surface area (Å²) in [5.74, 6) is -3.12. The number of hydrogen-bond acceptors (Lipinski definition) is 5. The Balaban J connectivity index is 1.44. The lowest BCUT2D eigenvalue weighted by atomic mass is 10.0. The van der Waals surface area contributed by atoms with Crippen LogP contribution in [0.1, 0.15) is 53.8 Å². The van der Waals surface area contributed by atoms with Crippen LogP contribution in [0.4, 0.5) is 0 Å². The molecule has 2 aliphatic heterocycles. The van der Waals surface area contributed by atoms with Crippen LogP contribution < -0.4 is 0 Å². The molecule has 0 amide bonds. The predicted molar refractivity (Wildman–Crippen MR) is 226 cm³/mol. The van der Waals surface area contributed by atoms with Crippen molar-refractivity contribution in [3.05, 3.63) is 166 Å². The largest absolute Gasteiger partial charge is 0.478 e. The number of fused-ring (bicyclic) bond motifs is 8. The topological polar surface area (TPSA) is 169 Å². The summed E-state index contributed by atoms with van der Waals surface area (Å²) in [6.07, 6.45) is 7.69. The average Bonchev–Trinajstić information content (AvgIpc) is 4.07. The molecule has 3 aromatic heterocycles. The fourth-order valence-electron chi connectivity index (χ4n) is 7.38. The van der Waals surface area contributed by atoms with Gasteiger partial charge in [-0.15, -0.1) is 0 Å². The summed E-state index contributed by atoms with van der Waals surface area (Å²) in [5, 5.41) is 29.6. The zero-order chi connectivity index (χ0) is 40.1. The summed E-state index contributed by atoms with van der Waals surface area (Å²) < 4.78 is 0. The van der Waals surface area contributed by atoms with Crippen LogP contribution in [-0.4, -0.2) is 53.2 Å². The Morgan fingerprint density at radius 2 is 0.655 bits per heavy atom. The second kappa shape index (κ2) is 14.4. The Morgan fingerprint density at radius 3 is 1.00 bits per heavy atom. The number of carboxylic acid groups (broad SMARTS) is 3. The van der Waals surface area contributed by atoms with Crippen molar-refractivity contribution in [2.45, 2.75) is 0 Å². The molecule has 0 unspecified atom stereocenters. The molecular weight excluding hydrogens is 752 g/mol. The van der Waals surface area contributed by atoms with E-state index >= 15 is 0 Å². The molecule has 4 aromatic carbocycles. The molecule has 10 nitrogen and oxygen atoms in total. The normalized spacial score (nSPS) is 11.8. The van der Waals surface area contributed by atoms with E-state index in [4.69, 9.17) is 21.6 Å². The van der Waals surface area contributed by atoms with Gasteiger partial charge in [-0.25, -0.2) is 24.4 Å². The predicted octanol–water partition coefficient (Wildman–Crippen LogP) is 11.1. The molecule has 8 bridgehead atoms. The molecule has 0 spiro atoms. The van der Waals surface area contributed by atoms with Crippen molar-refractivity contribution in [3.63, 3.8) is 0 Å². The number of nitrogens with zero attached hydrogens (tertiary/aromatic N) is 2. The van der Waals surface area contributed by atoms with Gasteiger partial charge in [0, 0.05) is 49.3 Å². The van der Waals surface area contributed by atoms with Gasteiger partial charge < -0.3 is 25.3 Å². The third kappa shape index (κ3) is 6.53. The highest BCUT2D eigenvalue weighted by Gasteiger charge is 2.20. The fourth-order valence-corrected chi connectivity index (χ4v) is 7.50. The monoisotopic (exact) mass is 780 g/mol. The summed E-state index contributed by atoms with van der Waals surface area (Å²) in [7, 11) is 0. The van der Waals surface area contributed by atoms with E-state index in [9.17, 15) is 29.7 Å². The van der Waals surface area contributed by atoms with Crippen LogP contribution in [0.5, 0.6) is 0 Å². The van der Waals surface area contributed by atoms with Gasteiger partial charge in [0.25, 0.3) is 0 Å². The minimum atomic E-state index is -1.04. The van der Waals surface area contributed by atoms with E-state index in [0.717, 1.165) is 44.5 Å². The van der Waals surface area contributed by atoms with Crippen LogP contribution in [-0.2, 0) is 0 Å². The molecule has 0 saturated carbocycles. The smallest absolute Gasteiger partial charge is 0.335 e. The Bertz CT molecular complexity index is 2910. The first-order valence-electron chi connectivity index (χ1n) is 18.0. The maximum Gasteiger partial charge on any atom is 0.335 e. The molecule has 58 heavy (non-hydrogen) atoms. The lowest BCUT2D eigenvalue weighted by Gasteiger charge is -2.08. The molecule has 0 aliphatic carbocycles. The lowest BCUT2D eigenvalue weighted by molar-refractivity contribution is 0.0686. The molecule has 0 radical (unpaired) electrons. The van der Waals surface area contributed by atoms with Gasteiger partial charge in [0.1, 0.15) is 0 Å². The highest BCUT2D eigenvalue weighted by atomic mass is 35.5. The number of H-pyrrole nitrogens is 2. The summed E-state index contributed by atoms with van der Waals surface area (Å²) in [5.41, 5.74) is 11.7. The van der Waals surface area contributed by atoms with Gasteiger partial charge in [-0.2, -0.15) is 0 Å². The third-order valence-corrected chi connectivity index (χ3v) is 10.4. The lowest BCUT2D eigenvalue weighted by Crippen LogP contribution is -1.96. The van der Waals surface area contributed by atoms with Crippen LogP contribution in [0.25, 0.3) is 90.9 Å². The van der Waals surface area contributed by atoms with Crippen LogP contribution in [0.3, 0.4) is 0 Å². The molecule has 0 fully saturated rings. The Morgan fingerprint density at radius 1 is 0.379 bits per heavy atom. The molecule has 9 rings (SSSR count). The fraction of sp³-hybridized carbons (Fsp3) is 0. The molecule has 5 N–H and O–H groups in total. The summed E-state index contributed by atoms with van der Waals surface area (Å²) in [4.78, 5) is 53.1. The zero-order valence-corrected chi connectivity index (χ0v) is 31.0. The number of aromatic nitrogens is 4. The van der Waals surface area contributed by atoms with Gasteiger partial charge >= 0.3 is 17.9 Å². The number of rotatable bonds is 7. The first kappa shape index (κ1) is 35.9. The number of aromatic amines is 2. The van der Waals surface area contributed by atoms with Crippen molar-refractivity contribution < 1.29 is 29.7 Å². The van der Waals surface area contributed by atoms with E-state index in [1.807, 2.05) is 72.8 Å². The van der Waals surface area contributed by atoms with E-state index in [2.05, 4.69) is 9.97 Å². The van der Waals surface area contributed by atoms with E-state index in [1.165, 1.54) is 0 Å². The van der Waals surface area contributed by atoms with Crippen LogP contribution in [0, 0.1) is 0 Å². The second-order valence-corrected chi connectivity index (χ2v) is 14.1. The van der Waals surface area contributed by atoms with Gasteiger partial charge in [-0.1, -0.05) is 60.1 Å². The molecule has 0 saturated heterocycles. The number of carboxylic acids is 3. The first-order chi connectivity index (χ1) is 28.1. The SMILES string of the molecule is O=C(O)c1ccc(-c2c3nc(c(-c4ccc(Cl)cc4)c4nc(c(-c5ccc(C(=O)O)cc5)c5ccc([nH]5)c(-c5ccc(C(=O)O)cc5)c5ccc2[nH]5)C=C4)C=C3)cc1. The molecular formula is C47H29ClN4O6. The molecule has 280 valence electrons. The average molecular weight is 781 g/mol. The van der Waals surface area contributed by atoms with Crippen molar-refractivity contribution in [3.8, 4) is 44.5 Å². The van der Waals surface area contributed by atoms with Gasteiger partial charge in [0.15, 0.2) is 0 Å². The second-order valence-electron chi connectivity index (χ2n) is 13.7. The maximum absolute atomic E-state index is 11.8. The molecule has 0 atom stereocenters. The van der Waals surface area contributed by atoms with Crippen LogP contribution in [0.2, 0.25) is 5.02 Å². The van der Waals surface area contributed by atoms with Crippen molar-refractivity contribution in [1.82, 2.24) is 19.9 Å². The number of hydrogen-bond donors (Lipinski definition) is 5. The van der Waals surface area contributed by atoms with Gasteiger partial charge in [-0.3, -0.25) is 0 Å². The number of carbonyl (C=O) groups is 3. The molecule has 11 heteroatoms. The van der Waals surface area contributed by atoms with Crippen molar-refractivity contribution in [1.29, 1.82) is 0 Å². The molecule has 5 heterocycles. The first-order valence-corrected chi connectivity index (χ1v) is 18.4. The summed E-state index contributed by atoms with van der Waals surface area (Å²) in [6.45, 7) is 0.